The van der Waals surface area contributed by atoms with Gasteiger partial charge in [0.2, 0.25) is 5.79 Å². The van der Waals surface area contributed by atoms with Crippen molar-refractivity contribution in [2.24, 2.45) is 23.7 Å². The first-order chi connectivity index (χ1) is 12.5. The van der Waals surface area contributed by atoms with E-state index in [0.29, 0.717) is 23.7 Å². The number of hydrogen-bond acceptors (Lipinski definition) is 5. The van der Waals surface area contributed by atoms with Gasteiger partial charge in [-0.05, 0) is 56.1 Å². The van der Waals surface area contributed by atoms with Crippen LogP contribution in [0.2, 0.25) is 0 Å². The monoisotopic (exact) mass is 376 g/mol. The molecule has 1 aromatic carbocycles. The van der Waals surface area contributed by atoms with E-state index in [9.17, 15) is 0 Å². The first-order valence-electron chi connectivity index (χ1n) is 9.94. The van der Waals surface area contributed by atoms with Crippen LogP contribution in [0, 0.1) is 23.7 Å². The molecule has 1 spiro atoms. The molecule has 0 aromatic heterocycles. The molecule has 0 radical (unpaired) electrons. The van der Waals surface area contributed by atoms with Crippen LogP contribution >= 0.6 is 11.8 Å². The van der Waals surface area contributed by atoms with Crippen molar-refractivity contribution in [1.82, 2.24) is 0 Å². The Bertz CT molecular complexity index is 669. The number of thioether (sulfide) groups is 1. The Balaban J connectivity index is 1.50. The molecule has 0 N–H and O–H groups in total. The lowest BCUT2D eigenvalue weighted by atomic mass is 9.58. The molecule has 5 heteroatoms. The second kappa shape index (κ2) is 6.21. The molecule has 5 aliphatic rings. The van der Waals surface area contributed by atoms with E-state index in [1.54, 1.807) is 11.8 Å². The summed E-state index contributed by atoms with van der Waals surface area (Å²) in [5.74, 6) is 1.11. The average Bonchev–Trinajstić information content (AvgIpc) is 2.86. The van der Waals surface area contributed by atoms with E-state index >= 15 is 0 Å². The van der Waals surface area contributed by atoms with Crippen molar-refractivity contribution < 1.29 is 19.2 Å². The maximum Gasteiger partial charge on any atom is 0.201 e. The summed E-state index contributed by atoms with van der Waals surface area (Å²) < 4.78 is 13.0. The van der Waals surface area contributed by atoms with Crippen molar-refractivity contribution in [3.05, 3.63) is 30.3 Å². The Morgan fingerprint density at radius 2 is 1.81 bits per heavy atom. The van der Waals surface area contributed by atoms with Gasteiger partial charge in [-0.15, -0.1) is 0 Å². The summed E-state index contributed by atoms with van der Waals surface area (Å²) in [5, 5.41) is 0. The smallest absolute Gasteiger partial charge is 0.201 e. The van der Waals surface area contributed by atoms with Gasteiger partial charge in [-0.2, -0.15) is 0 Å². The zero-order valence-corrected chi connectivity index (χ0v) is 16.5. The molecule has 8 atom stereocenters. The van der Waals surface area contributed by atoms with Crippen LogP contribution in [0.5, 0.6) is 0 Å². The maximum absolute atomic E-state index is 6.60. The highest BCUT2D eigenvalue weighted by Crippen LogP contribution is 2.61. The van der Waals surface area contributed by atoms with E-state index in [4.69, 9.17) is 19.2 Å². The highest BCUT2D eigenvalue weighted by Gasteiger charge is 2.69. The van der Waals surface area contributed by atoms with Crippen LogP contribution in [0.25, 0.3) is 0 Å². The first kappa shape index (κ1) is 17.5. The predicted octanol–water partition coefficient (Wildman–Crippen LogP) is 4.99. The molecule has 4 saturated heterocycles. The minimum absolute atomic E-state index is 0.0682. The molecule has 0 amide bonds. The van der Waals surface area contributed by atoms with Gasteiger partial charge < -0.3 is 9.47 Å². The number of rotatable bonds is 2. The predicted molar refractivity (Wildman–Crippen MR) is 99.1 cm³/mol. The summed E-state index contributed by atoms with van der Waals surface area (Å²) in [4.78, 5) is 13.3. The van der Waals surface area contributed by atoms with Crippen LogP contribution in [0.1, 0.15) is 46.5 Å². The Morgan fingerprint density at radius 3 is 2.62 bits per heavy atom. The highest BCUT2D eigenvalue weighted by atomic mass is 32.2. The SMILES string of the molecule is C[C@H]1[C@@H](Sc2ccccc2)O[C@@H]2O[C@@]3(C)CC[C@H]4[C@@H](C)CC[C@@H]1[C@@]24OO3. The Labute approximate surface area is 159 Å². The number of fused-ring (bicyclic) bond motifs is 2. The Kier molecular flexibility index (Phi) is 4.18. The third kappa shape index (κ3) is 2.51. The van der Waals surface area contributed by atoms with Gasteiger partial charge in [0.25, 0.3) is 0 Å². The lowest BCUT2D eigenvalue weighted by molar-refractivity contribution is -0.568. The molecule has 1 aromatic rings. The Morgan fingerprint density at radius 1 is 1.00 bits per heavy atom. The van der Waals surface area contributed by atoms with Gasteiger partial charge in [-0.3, -0.25) is 0 Å². The normalized spacial score (nSPS) is 50.1. The van der Waals surface area contributed by atoms with E-state index < -0.39 is 11.4 Å². The first-order valence-corrected chi connectivity index (χ1v) is 10.8. The third-order valence-electron chi connectivity index (χ3n) is 7.09. The van der Waals surface area contributed by atoms with Crippen LogP contribution in [-0.2, 0) is 19.2 Å². The average molecular weight is 377 g/mol. The van der Waals surface area contributed by atoms with Gasteiger partial charge >= 0.3 is 0 Å². The summed E-state index contributed by atoms with van der Waals surface area (Å²) in [6.45, 7) is 6.65. The van der Waals surface area contributed by atoms with Crippen molar-refractivity contribution in [3.8, 4) is 0 Å². The van der Waals surface area contributed by atoms with Crippen molar-refractivity contribution in [3.63, 3.8) is 0 Å². The zero-order valence-electron chi connectivity index (χ0n) is 15.7. The van der Waals surface area contributed by atoms with E-state index in [0.717, 1.165) is 19.3 Å². The molecule has 142 valence electrons. The fourth-order valence-electron chi connectivity index (χ4n) is 5.64. The van der Waals surface area contributed by atoms with Gasteiger partial charge in [0.05, 0.1) is 0 Å². The van der Waals surface area contributed by atoms with E-state index in [2.05, 4.69) is 44.2 Å². The van der Waals surface area contributed by atoms with Crippen molar-refractivity contribution >= 4 is 11.8 Å². The summed E-state index contributed by atoms with van der Waals surface area (Å²) in [7, 11) is 0. The molecule has 4 aliphatic heterocycles. The number of ether oxygens (including phenoxy) is 2. The van der Waals surface area contributed by atoms with E-state index in [-0.39, 0.29) is 11.7 Å². The number of benzene rings is 1. The summed E-state index contributed by atoms with van der Waals surface area (Å²) >= 11 is 1.80. The highest BCUT2D eigenvalue weighted by molar-refractivity contribution is 7.99. The molecule has 2 bridgehead atoms. The summed E-state index contributed by atoms with van der Waals surface area (Å²) in [6, 6.07) is 10.5. The largest absolute Gasteiger partial charge is 0.335 e. The Hall–Kier alpha value is -0.590. The van der Waals surface area contributed by atoms with Crippen molar-refractivity contribution in [2.75, 3.05) is 0 Å². The van der Waals surface area contributed by atoms with E-state index in [1.807, 2.05) is 6.92 Å². The van der Waals surface area contributed by atoms with Crippen molar-refractivity contribution in [2.45, 2.75) is 74.5 Å². The standard InChI is InChI=1S/C21H28O4S/c1-13-9-10-17-14(2)18(26-15-7-5-4-6-8-15)22-19-21(17)16(13)11-12-20(3,23-19)24-25-21/h4-8,13-14,16-19H,9-12H2,1-3H3/t13-,14+,16-,17-,18+,19+,20+,21+/m0/s1. The molecule has 4 heterocycles. The van der Waals surface area contributed by atoms with Crippen LogP contribution in [0.3, 0.4) is 0 Å². The van der Waals surface area contributed by atoms with E-state index in [1.165, 1.54) is 11.3 Å². The molecule has 0 unspecified atom stereocenters. The fourth-order valence-corrected chi connectivity index (χ4v) is 6.78. The van der Waals surface area contributed by atoms with Crippen molar-refractivity contribution in [1.29, 1.82) is 0 Å². The van der Waals surface area contributed by atoms with Crippen LogP contribution in [-0.4, -0.2) is 23.1 Å². The summed E-state index contributed by atoms with van der Waals surface area (Å²) in [5.41, 5.74) is -0.389. The quantitative estimate of drug-likeness (QED) is 0.680. The van der Waals surface area contributed by atoms with Gasteiger partial charge in [0.1, 0.15) is 5.44 Å². The molecular formula is C21H28O4S. The van der Waals surface area contributed by atoms with Crippen LogP contribution in [0.4, 0.5) is 0 Å². The molecule has 5 fully saturated rings. The second-order valence-electron chi connectivity index (χ2n) is 8.70. The van der Waals surface area contributed by atoms with Gasteiger partial charge in [-0.25, -0.2) is 9.78 Å². The van der Waals surface area contributed by atoms with Gasteiger partial charge in [0.15, 0.2) is 11.9 Å². The maximum atomic E-state index is 6.60. The number of hydrogen-bond donors (Lipinski definition) is 0. The molecule has 1 aliphatic carbocycles. The second-order valence-corrected chi connectivity index (χ2v) is 9.88. The molecule has 1 saturated carbocycles. The molecule has 6 rings (SSSR count). The third-order valence-corrected chi connectivity index (χ3v) is 8.41. The molecule has 4 nitrogen and oxygen atoms in total. The van der Waals surface area contributed by atoms with Crippen LogP contribution < -0.4 is 0 Å². The lowest BCUT2D eigenvalue weighted by Gasteiger charge is -2.60. The zero-order chi connectivity index (χ0) is 17.9. The minimum Gasteiger partial charge on any atom is -0.335 e. The minimum atomic E-state index is -0.694. The van der Waals surface area contributed by atoms with Gasteiger partial charge in [0, 0.05) is 17.2 Å². The molecule has 26 heavy (non-hydrogen) atoms. The van der Waals surface area contributed by atoms with Gasteiger partial charge in [-0.1, -0.05) is 43.8 Å². The summed E-state index contributed by atoms with van der Waals surface area (Å²) in [6.07, 6.45) is 3.99. The van der Waals surface area contributed by atoms with Crippen LogP contribution in [0.15, 0.2) is 35.2 Å². The fraction of sp³-hybridized carbons (Fsp3) is 0.714. The topological polar surface area (TPSA) is 36.9 Å². The molecular weight excluding hydrogens is 348 g/mol. The lowest BCUT2D eigenvalue weighted by Crippen LogP contribution is -2.70.